The molecule has 84 valence electrons. The first-order chi connectivity index (χ1) is 7.77. The molecule has 0 aliphatic carbocycles. The summed E-state index contributed by atoms with van der Waals surface area (Å²) in [6, 6.07) is 6.36. The summed E-state index contributed by atoms with van der Waals surface area (Å²) in [7, 11) is 0. The molecule has 0 radical (unpaired) electrons. The Labute approximate surface area is 100 Å². The van der Waals surface area contributed by atoms with Crippen molar-refractivity contribution in [2.24, 2.45) is 0 Å². The van der Waals surface area contributed by atoms with E-state index in [4.69, 9.17) is 0 Å². The van der Waals surface area contributed by atoms with E-state index >= 15 is 0 Å². The molecule has 0 atom stereocenters. The van der Waals surface area contributed by atoms with Crippen molar-refractivity contribution in [2.75, 3.05) is 11.9 Å². The molecule has 0 fully saturated rings. The van der Waals surface area contributed by atoms with Crippen molar-refractivity contribution in [1.82, 2.24) is 4.98 Å². The lowest BCUT2D eigenvalue weighted by atomic mass is 10.1. The highest BCUT2D eigenvalue weighted by molar-refractivity contribution is 7.09. The van der Waals surface area contributed by atoms with Crippen molar-refractivity contribution in [3.05, 3.63) is 45.9 Å². The van der Waals surface area contributed by atoms with E-state index in [0.29, 0.717) is 0 Å². The number of benzene rings is 1. The van der Waals surface area contributed by atoms with Crippen LogP contribution in [0.25, 0.3) is 0 Å². The molecular formula is C13H16N2S. The van der Waals surface area contributed by atoms with E-state index in [0.717, 1.165) is 13.0 Å². The Hall–Kier alpha value is -1.35. The lowest BCUT2D eigenvalue weighted by molar-refractivity contribution is 0.995. The zero-order chi connectivity index (χ0) is 11.4. The summed E-state index contributed by atoms with van der Waals surface area (Å²) < 4.78 is 0. The van der Waals surface area contributed by atoms with Gasteiger partial charge in [-0.2, -0.15) is 0 Å². The summed E-state index contributed by atoms with van der Waals surface area (Å²) >= 11 is 1.71. The standard InChI is InChI=1S/C13H16N2S/c1-10-4-3-5-12(11(10)2)14-7-6-13-15-8-9-16-13/h3-5,8-9,14H,6-7H2,1-2H3. The number of anilines is 1. The molecule has 0 amide bonds. The lowest BCUT2D eigenvalue weighted by Crippen LogP contribution is -2.06. The minimum absolute atomic E-state index is 0.942. The molecule has 1 aromatic heterocycles. The minimum atomic E-state index is 0.942. The van der Waals surface area contributed by atoms with Crippen molar-refractivity contribution in [3.8, 4) is 0 Å². The van der Waals surface area contributed by atoms with E-state index < -0.39 is 0 Å². The van der Waals surface area contributed by atoms with Crippen LogP contribution in [0, 0.1) is 13.8 Å². The van der Waals surface area contributed by atoms with E-state index in [1.165, 1.54) is 21.8 Å². The third-order valence-corrected chi connectivity index (χ3v) is 3.58. The van der Waals surface area contributed by atoms with Gasteiger partial charge in [-0.15, -0.1) is 11.3 Å². The van der Waals surface area contributed by atoms with E-state index in [1.807, 2.05) is 11.6 Å². The molecule has 2 rings (SSSR count). The first-order valence-electron chi connectivity index (χ1n) is 5.46. The second kappa shape index (κ2) is 5.12. The summed E-state index contributed by atoms with van der Waals surface area (Å²) in [5.41, 5.74) is 3.90. The summed E-state index contributed by atoms with van der Waals surface area (Å²) in [4.78, 5) is 4.27. The summed E-state index contributed by atoms with van der Waals surface area (Å²) in [6.45, 7) is 5.24. The predicted molar refractivity (Wildman–Crippen MR) is 70.2 cm³/mol. The number of thiazole rings is 1. The first-order valence-corrected chi connectivity index (χ1v) is 6.34. The number of aromatic nitrogens is 1. The molecule has 2 aromatic rings. The first kappa shape index (κ1) is 11.1. The maximum absolute atomic E-state index is 4.27. The van der Waals surface area contributed by atoms with Crippen molar-refractivity contribution >= 4 is 17.0 Å². The van der Waals surface area contributed by atoms with Crippen LogP contribution >= 0.6 is 11.3 Å². The summed E-state index contributed by atoms with van der Waals surface area (Å²) in [5.74, 6) is 0. The highest BCUT2D eigenvalue weighted by Gasteiger charge is 2.00. The molecule has 0 saturated heterocycles. The fourth-order valence-corrected chi connectivity index (χ4v) is 2.24. The van der Waals surface area contributed by atoms with Gasteiger partial charge in [-0.25, -0.2) is 4.98 Å². The van der Waals surface area contributed by atoms with E-state index in [9.17, 15) is 0 Å². The number of nitrogens with one attached hydrogen (secondary N) is 1. The maximum Gasteiger partial charge on any atom is 0.0942 e. The van der Waals surface area contributed by atoms with E-state index in [1.54, 1.807) is 11.3 Å². The summed E-state index contributed by atoms with van der Waals surface area (Å²) in [5, 5.41) is 6.67. The topological polar surface area (TPSA) is 24.9 Å². The Balaban J connectivity index is 1.92. The normalized spacial score (nSPS) is 10.4. The van der Waals surface area contributed by atoms with Gasteiger partial charge in [0.1, 0.15) is 0 Å². The van der Waals surface area contributed by atoms with Gasteiger partial charge in [0.25, 0.3) is 0 Å². The molecule has 0 saturated carbocycles. The highest BCUT2D eigenvalue weighted by Crippen LogP contribution is 2.17. The van der Waals surface area contributed by atoms with Gasteiger partial charge in [-0.05, 0) is 31.0 Å². The largest absolute Gasteiger partial charge is 0.384 e. The number of rotatable bonds is 4. The van der Waals surface area contributed by atoms with Crippen molar-refractivity contribution < 1.29 is 0 Å². The fourth-order valence-electron chi connectivity index (χ4n) is 1.62. The Kier molecular flexibility index (Phi) is 3.57. The zero-order valence-corrected chi connectivity index (χ0v) is 10.5. The van der Waals surface area contributed by atoms with Crippen molar-refractivity contribution in [2.45, 2.75) is 20.3 Å². The van der Waals surface area contributed by atoms with Gasteiger partial charge in [-0.1, -0.05) is 12.1 Å². The van der Waals surface area contributed by atoms with E-state index in [2.05, 4.69) is 42.3 Å². The van der Waals surface area contributed by atoms with Gasteiger partial charge in [0.05, 0.1) is 5.01 Å². The molecule has 0 bridgehead atoms. The monoisotopic (exact) mass is 232 g/mol. The van der Waals surface area contributed by atoms with Gasteiger partial charge in [0.2, 0.25) is 0 Å². The molecule has 1 heterocycles. The second-order valence-electron chi connectivity index (χ2n) is 3.85. The highest BCUT2D eigenvalue weighted by atomic mass is 32.1. The zero-order valence-electron chi connectivity index (χ0n) is 9.66. The van der Waals surface area contributed by atoms with Crippen LogP contribution in [0.1, 0.15) is 16.1 Å². The molecular weight excluding hydrogens is 216 g/mol. The van der Waals surface area contributed by atoms with Crippen LogP contribution < -0.4 is 5.32 Å². The number of hydrogen-bond acceptors (Lipinski definition) is 3. The van der Waals surface area contributed by atoms with Crippen LogP contribution in [0.5, 0.6) is 0 Å². The van der Waals surface area contributed by atoms with Crippen LogP contribution in [-0.4, -0.2) is 11.5 Å². The van der Waals surface area contributed by atoms with Gasteiger partial charge < -0.3 is 5.32 Å². The van der Waals surface area contributed by atoms with Crippen LogP contribution in [0.3, 0.4) is 0 Å². The molecule has 2 nitrogen and oxygen atoms in total. The van der Waals surface area contributed by atoms with E-state index in [-0.39, 0.29) is 0 Å². The summed E-state index contributed by atoms with van der Waals surface area (Å²) in [6.07, 6.45) is 2.85. The lowest BCUT2D eigenvalue weighted by Gasteiger charge is -2.10. The molecule has 3 heteroatoms. The van der Waals surface area contributed by atoms with Gasteiger partial charge in [0, 0.05) is 30.2 Å². The predicted octanol–water partition coefficient (Wildman–Crippen LogP) is 3.41. The van der Waals surface area contributed by atoms with Crippen LogP contribution in [0.15, 0.2) is 29.8 Å². The van der Waals surface area contributed by atoms with Gasteiger partial charge >= 0.3 is 0 Å². The fraction of sp³-hybridized carbons (Fsp3) is 0.308. The van der Waals surface area contributed by atoms with Gasteiger partial charge in [-0.3, -0.25) is 0 Å². The van der Waals surface area contributed by atoms with Crippen molar-refractivity contribution in [1.29, 1.82) is 0 Å². The molecule has 0 aliphatic rings. The quantitative estimate of drug-likeness (QED) is 0.873. The Morgan fingerprint density at radius 3 is 2.94 bits per heavy atom. The third-order valence-electron chi connectivity index (χ3n) is 2.74. The smallest absolute Gasteiger partial charge is 0.0942 e. The van der Waals surface area contributed by atoms with Crippen molar-refractivity contribution in [3.63, 3.8) is 0 Å². The molecule has 0 unspecified atom stereocenters. The van der Waals surface area contributed by atoms with Crippen LogP contribution in [-0.2, 0) is 6.42 Å². The molecule has 0 aliphatic heterocycles. The maximum atomic E-state index is 4.27. The van der Waals surface area contributed by atoms with Crippen LogP contribution in [0.4, 0.5) is 5.69 Å². The number of nitrogens with zero attached hydrogens (tertiary/aromatic N) is 1. The van der Waals surface area contributed by atoms with Gasteiger partial charge in [0.15, 0.2) is 0 Å². The SMILES string of the molecule is Cc1cccc(NCCc2nccs2)c1C. The Morgan fingerprint density at radius 1 is 1.31 bits per heavy atom. The average molecular weight is 232 g/mol. The average Bonchev–Trinajstić information content (AvgIpc) is 2.77. The Morgan fingerprint density at radius 2 is 2.19 bits per heavy atom. The third kappa shape index (κ3) is 2.61. The molecule has 16 heavy (non-hydrogen) atoms. The second-order valence-corrected chi connectivity index (χ2v) is 4.83. The number of hydrogen-bond donors (Lipinski definition) is 1. The molecule has 1 N–H and O–H groups in total. The number of aryl methyl sites for hydroxylation is 1. The Bertz CT molecular complexity index is 449. The molecule has 1 aromatic carbocycles. The van der Waals surface area contributed by atoms with Crippen LogP contribution in [0.2, 0.25) is 0 Å². The molecule has 0 spiro atoms. The minimum Gasteiger partial charge on any atom is -0.384 e.